The lowest BCUT2D eigenvalue weighted by Gasteiger charge is -2.27. The van der Waals surface area contributed by atoms with Crippen LogP contribution < -0.4 is 0 Å². The Morgan fingerprint density at radius 1 is 1.11 bits per heavy atom. The molecule has 0 fully saturated rings. The fourth-order valence-corrected chi connectivity index (χ4v) is 5.61. The number of carbonyl (C=O) groups is 2. The minimum atomic E-state index is -1.86. The number of hydrogen-bond donors (Lipinski definition) is 0. The van der Waals surface area contributed by atoms with E-state index in [1.807, 2.05) is 13.8 Å². The van der Waals surface area contributed by atoms with Crippen LogP contribution in [0.5, 0.6) is 0 Å². The van der Waals surface area contributed by atoms with Crippen molar-refractivity contribution >= 4 is 35.6 Å². The first-order valence-corrected chi connectivity index (χ1v) is 10.2. The van der Waals surface area contributed by atoms with E-state index in [2.05, 4.69) is 35.6 Å². The summed E-state index contributed by atoms with van der Waals surface area (Å²) in [5, 5.41) is 0.654. The van der Waals surface area contributed by atoms with Crippen molar-refractivity contribution in [2.45, 2.75) is 46.5 Å². The molecule has 0 aromatic carbocycles. The van der Waals surface area contributed by atoms with E-state index in [-0.39, 0.29) is 23.4 Å². The highest BCUT2D eigenvalue weighted by atomic mass is 79.9. The highest BCUT2D eigenvalue weighted by molar-refractivity contribution is 9.12. The summed E-state index contributed by atoms with van der Waals surface area (Å²) in [4.78, 5) is 24.6. The Balaban J connectivity index is 3.32. The summed E-state index contributed by atoms with van der Waals surface area (Å²) in [5.74, 6) is -0.0848. The molecule has 0 amide bonds. The normalized spacial score (nSPS) is 18.0. The van der Waals surface area contributed by atoms with E-state index in [0.717, 1.165) is 0 Å². The summed E-state index contributed by atoms with van der Waals surface area (Å²) in [5.41, 5.74) is 0.425. The Bertz CT molecular complexity index is 467. The van der Waals surface area contributed by atoms with Crippen molar-refractivity contribution in [1.29, 1.82) is 0 Å². The standard InChI is InChI=1S/C13H19BrO3Si/c1-7(2)17-12-8(3)10(15)13(18(4,5)6)9(14)11(12)16/h7H,1-6H3. The third kappa shape index (κ3) is 2.83. The van der Waals surface area contributed by atoms with E-state index in [1.165, 1.54) is 0 Å². The van der Waals surface area contributed by atoms with Crippen molar-refractivity contribution in [2.75, 3.05) is 0 Å². The van der Waals surface area contributed by atoms with Gasteiger partial charge in [0, 0.05) is 10.8 Å². The fraction of sp³-hybridized carbons (Fsp3) is 0.538. The van der Waals surface area contributed by atoms with Crippen LogP contribution >= 0.6 is 15.9 Å². The molecule has 0 N–H and O–H groups in total. The molecule has 100 valence electrons. The lowest BCUT2D eigenvalue weighted by atomic mass is 10.0. The van der Waals surface area contributed by atoms with Gasteiger partial charge in [-0.05, 0) is 36.7 Å². The second-order valence-corrected chi connectivity index (χ2v) is 11.5. The Labute approximate surface area is 117 Å². The van der Waals surface area contributed by atoms with Crippen LogP contribution in [0.15, 0.2) is 21.0 Å². The maximum Gasteiger partial charge on any atom is 0.234 e. The Hall–Kier alpha value is -0.683. The summed E-state index contributed by atoms with van der Waals surface area (Å²) in [7, 11) is -1.86. The maximum absolute atomic E-state index is 12.4. The lowest BCUT2D eigenvalue weighted by Crippen LogP contribution is -2.36. The molecule has 0 radical (unpaired) electrons. The van der Waals surface area contributed by atoms with Gasteiger partial charge < -0.3 is 4.74 Å². The van der Waals surface area contributed by atoms with Crippen molar-refractivity contribution in [3.05, 3.63) is 21.0 Å². The summed E-state index contributed by atoms with van der Waals surface area (Å²) >= 11 is 3.28. The predicted molar refractivity (Wildman–Crippen MR) is 78.2 cm³/mol. The maximum atomic E-state index is 12.4. The third-order valence-corrected chi connectivity index (χ3v) is 5.74. The first kappa shape index (κ1) is 15.4. The SMILES string of the molecule is CC1=C(OC(C)C)C(=O)C(Br)=C([Si](C)(C)C)C1=O. The number of rotatable bonds is 3. The summed E-state index contributed by atoms with van der Waals surface area (Å²) in [6.07, 6.45) is -0.125. The van der Waals surface area contributed by atoms with Gasteiger partial charge in [0.15, 0.2) is 11.5 Å². The summed E-state index contributed by atoms with van der Waals surface area (Å²) < 4.78 is 5.86. The second kappa shape index (κ2) is 5.13. The molecule has 1 aliphatic rings. The smallest absolute Gasteiger partial charge is 0.234 e. The summed E-state index contributed by atoms with van der Waals surface area (Å²) in [6, 6.07) is 0. The highest BCUT2D eigenvalue weighted by Gasteiger charge is 2.38. The van der Waals surface area contributed by atoms with Crippen LogP contribution in [-0.4, -0.2) is 25.7 Å². The van der Waals surface area contributed by atoms with E-state index < -0.39 is 8.07 Å². The Morgan fingerprint density at radius 2 is 1.61 bits per heavy atom. The zero-order valence-electron chi connectivity index (χ0n) is 11.7. The van der Waals surface area contributed by atoms with Gasteiger partial charge in [0.05, 0.1) is 18.7 Å². The van der Waals surface area contributed by atoms with Gasteiger partial charge in [-0.25, -0.2) is 0 Å². The van der Waals surface area contributed by atoms with Gasteiger partial charge in [-0.1, -0.05) is 19.6 Å². The first-order chi connectivity index (χ1) is 8.07. The van der Waals surface area contributed by atoms with E-state index >= 15 is 0 Å². The van der Waals surface area contributed by atoms with E-state index in [1.54, 1.807) is 6.92 Å². The molecule has 18 heavy (non-hydrogen) atoms. The fourth-order valence-electron chi connectivity index (χ4n) is 1.82. The van der Waals surface area contributed by atoms with E-state index in [4.69, 9.17) is 4.74 Å². The molecule has 1 rings (SSSR count). The molecule has 0 aliphatic heterocycles. The second-order valence-electron chi connectivity index (χ2n) is 5.72. The Morgan fingerprint density at radius 3 is 2.00 bits per heavy atom. The van der Waals surface area contributed by atoms with Gasteiger partial charge in [0.2, 0.25) is 5.78 Å². The summed E-state index contributed by atoms with van der Waals surface area (Å²) in [6.45, 7) is 11.5. The molecule has 0 saturated carbocycles. The van der Waals surface area contributed by atoms with Crippen LogP contribution in [0.4, 0.5) is 0 Å². The minimum absolute atomic E-state index is 0.0590. The molecular formula is C13H19BrO3Si. The molecule has 3 nitrogen and oxygen atoms in total. The average Bonchev–Trinajstić information content (AvgIpc) is 2.19. The average molecular weight is 331 g/mol. The molecule has 0 aromatic rings. The van der Waals surface area contributed by atoms with Gasteiger partial charge in [-0.3, -0.25) is 9.59 Å². The van der Waals surface area contributed by atoms with Crippen molar-refractivity contribution in [3.63, 3.8) is 0 Å². The molecule has 0 saturated heterocycles. The quantitative estimate of drug-likeness (QED) is 0.588. The number of Topliss-reactive ketones (excluding diaryl/α,β-unsaturated/α-hetero) is 2. The minimum Gasteiger partial charge on any atom is -0.486 e. The molecule has 0 aromatic heterocycles. The van der Waals surface area contributed by atoms with E-state index in [9.17, 15) is 9.59 Å². The van der Waals surface area contributed by atoms with Crippen molar-refractivity contribution < 1.29 is 14.3 Å². The first-order valence-electron chi connectivity index (χ1n) is 5.94. The van der Waals surface area contributed by atoms with Gasteiger partial charge in [0.1, 0.15) is 0 Å². The molecule has 0 spiro atoms. The van der Waals surface area contributed by atoms with Gasteiger partial charge >= 0.3 is 0 Å². The number of halogens is 1. The molecule has 0 unspecified atom stereocenters. The predicted octanol–water partition coefficient (Wildman–Crippen LogP) is 3.36. The lowest BCUT2D eigenvalue weighted by molar-refractivity contribution is -0.118. The Kier molecular flexibility index (Phi) is 4.38. The van der Waals surface area contributed by atoms with E-state index in [0.29, 0.717) is 15.3 Å². The largest absolute Gasteiger partial charge is 0.486 e. The van der Waals surface area contributed by atoms with Gasteiger partial charge in [-0.2, -0.15) is 0 Å². The number of carbonyl (C=O) groups excluding carboxylic acids is 2. The number of hydrogen-bond acceptors (Lipinski definition) is 3. The molecule has 1 aliphatic carbocycles. The van der Waals surface area contributed by atoms with Crippen LogP contribution in [0.1, 0.15) is 20.8 Å². The molecule has 5 heteroatoms. The number of ether oxygens (including phenoxy) is 1. The van der Waals surface area contributed by atoms with Crippen LogP contribution in [-0.2, 0) is 14.3 Å². The molecule has 0 atom stereocenters. The zero-order chi connectivity index (χ0) is 14.2. The number of ketones is 2. The van der Waals surface area contributed by atoms with Crippen LogP contribution in [0.2, 0.25) is 19.6 Å². The van der Waals surface area contributed by atoms with Crippen molar-refractivity contribution in [3.8, 4) is 0 Å². The van der Waals surface area contributed by atoms with Crippen molar-refractivity contribution in [1.82, 2.24) is 0 Å². The van der Waals surface area contributed by atoms with Crippen LogP contribution in [0, 0.1) is 0 Å². The van der Waals surface area contributed by atoms with Gasteiger partial charge in [0.25, 0.3) is 0 Å². The molecule has 0 bridgehead atoms. The number of allylic oxidation sites excluding steroid dienone is 3. The van der Waals surface area contributed by atoms with Crippen LogP contribution in [0.25, 0.3) is 0 Å². The monoisotopic (exact) mass is 330 g/mol. The zero-order valence-corrected chi connectivity index (χ0v) is 14.3. The van der Waals surface area contributed by atoms with Crippen molar-refractivity contribution in [2.24, 2.45) is 0 Å². The molecular weight excluding hydrogens is 312 g/mol. The van der Waals surface area contributed by atoms with Gasteiger partial charge in [-0.15, -0.1) is 0 Å². The molecule has 0 heterocycles. The van der Waals surface area contributed by atoms with Crippen LogP contribution in [0.3, 0.4) is 0 Å². The topological polar surface area (TPSA) is 43.4 Å². The third-order valence-electron chi connectivity index (χ3n) is 2.64. The highest BCUT2D eigenvalue weighted by Crippen LogP contribution is 2.34.